The smallest absolute Gasteiger partial charge is 0.105 e. The standard InChI is InChI=1S/C11H18N2O/c1-10-12-7-8-13(10)9-11(14)5-3-2-4-6-11/h7-8,14H,2-6,9H2,1H3. The number of aryl methyl sites for hydroxylation is 1. The topological polar surface area (TPSA) is 38.0 Å². The summed E-state index contributed by atoms with van der Waals surface area (Å²) in [6.45, 7) is 2.69. The van der Waals surface area contributed by atoms with Gasteiger partial charge in [-0.3, -0.25) is 0 Å². The van der Waals surface area contributed by atoms with Crippen LogP contribution in [-0.4, -0.2) is 20.3 Å². The quantitative estimate of drug-likeness (QED) is 0.780. The fourth-order valence-electron chi connectivity index (χ4n) is 2.26. The summed E-state index contributed by atoms with van der Waals surface area (Å²) in [6.07, 6.45) is 9.19. The van der Waals surface area contributed by atoms with Crippen LogP contribution in [0.4, 0.5) is 0 Å². The van der Waals surface area contributed by atoms with Crippen LogP contribution in [0.3, 0.4) is 0 Å². The summed E-state index contributed by atoms with van der Waals surface area (Å²) in [6, 6.07) is 0. The molecule has 0 atom stereocenters. The van der Waals surface area contributed by atoms with E-state index in [1.807, 2.05) is 17.7 Å². The second-order valence-corrected chi connectivity index (χ2v) is 4.39. The van der Waals surface area contributed by atoms with E-state index in [1.165, 1.54) is 6.42 Å². The van der Waals surface area contributed by atoms with Crippen molar-refractivity contribution >= 4 is 0 Å². The maximum atomic E-state index is 10.3. The van der Waals surface area contributed by atoms with Crippen LogP contribution in [-0.2, 0) is 6.54 Å². The summed E-state index contributed by atoms with van der Waals surface area (Å²) in [5, 5.41) is 10.3. The minimum Gasteiger partial charge on any atom is -0.388 e. The van der Waals surface area contributed by atoms with Gasteiger partial charge in [0.05, 0.1) is 12.1 Å². The van der Waals surface area contributed by atoms with E-state index in [0.29, 0.717) is 6.54 Å². The molecule has 78 valence electrons. The summed E-state index contributed by atoms with van der Waals surface area (Å²) in [4.78, 5) is 4.17. The van der Waals surface area contributed by atoms with Crippen molar-refractivity contribution in [3.8, 4) is 0 Å². The Morgan fingerprint density at radius 3 is 2.71 bits per heavy atom. The van der Waals surface area contributed by atoms with Crippen LogP contribution < -0.4 is 0 Å². The van der Waals surface area contributed by atoms with Gasteiger partial charge in [-0.1, -0.05) is 19.3 Å². The van der Waals surface area contributed by atoms with Crippen molar-refractivity contribution < 1.29 is 5.11 Å². The van der Waals surface area contributed by atoms with E-state index in [0.717, 1.165) is 31.5 Å². The zero-order valence-electron chi connectivity index (χ0n) is 8.74. The first-order chi connectivity index (χ1) is 6.70. The molecule has 0 amide bonds. The molecule has 2 rings (SSSR count). The average Bonchev–Trinajstić information content (AvgIpc) is 2.52. The number of hydrogen-bond donors (Lipinski definition) is 1. The van der Waals surface area contributed by atoms with Gasteiger partial charge in [0.1, 0.15) is 5.82 Å². The van der Waals surface area contributed by atoms with E-state index >= 15 is 0 Å². The molecule has 0 radical (unpaired) electrons. The van der Waals surface area contributed by atoms with Crippen molar-refractivity contribution in [2.24, 2.45) is 0 Å². The van der Waals surface area contributed by atoms with Crippen LogP contribution in [0.15, 0.2) is 12.4 Å². The maximum absolute atomic E-state index is 10.3. The first-order valence-corrected chi connectivity index (χ1v) is 5.40. The highest BCUT2D eigenvalue weighted by atomic mass is 16.3. The molecule has 0 saturated heterocycles. The van der Waals surface area contributed by atoms with Crippen LogP contribution in [0.25, 0.3) is 0 Å². The Labute approximate surface area is 84.8 Å². The summed E-state index contributed by atoms with van der Waals surface area (Å²) in [5.41, 5.74) is -0.482. The molecule has 14 heavy (non-hydrogen) atoms. The van der Waals surface area contributed by atoms with Crippen LogP contribution in [0.5, 0.6) is 0 Å². The van der Waals surface area contributed by atoms with E-state index in [4.69, 9.17) is 0 Å². The van der Waals surface area contributed by atoms with Crippen molar-refractivity contribution in [2.45, 2.75) is 51.2 Å². The molecule has 0 bridgehead atoms. The highest BCUT2D eigenvalue weighted by molar-refractivity contribution is 4.93. The van der Waals surface area contributed by atoms with Crippen LogP contribution in [0.1, 0.15) is 37.9 Å². The van der Waals surface area contributed by atoms with Crippen molar-refractivity contribution in [3.05, 3.63) is 18.2 Å². The lowest BCUT2D eigenvalue weighted by Crippen LogP contribution is -2.36. The Hall–Kier alpha value is -0.830. The number of hydrogen-bond acceptors (Lipinski definition) is 2. The lowest BCUT2D eigenvalue weighted by molar-refractivity contribution is -0.0119. The highest BCUT2D eigenvalue weighted by Crippen LogP contribution is 2.29. The SMILES string of the molecule is Cc1nccn1CC1(O)CCCCC1. The largest absolute Gasteiger partial charge is 0.388 e. The third-order valence-electron chi connectivity index (χ3n) is 3.17. The van der Waals surface area contributed by atoms with E-state index in [9.17, 15) is 5.11 Å². The number of aliphatic hydroxyl groups is 1. The molecule has 1 aromatic heterocycles. The van der Waals surface area contributed by atoms with Gasteiger partial charge in [0.15, 0.2) is 0 Å². The Morgan fingerprint density at radius 1 is 1.43 bits per heavy atom. The van der Waals surface area contributed by atoms with Crippen molar-refractivity contribution in [1.82, 2.24) is 9.55 Å². The van der Waals surface area contributed by atoms with E-state index in [2.05, 4.69) is 4.98 Å². The molecule has 1 fully saturated rings. The molecule has 1 saturated carbocycles. The third-order valence-corrected chi connectivity index (χ3v) is 3.17. The molecular weight excluding hydrogens is 176 g/mol. The van der Waals surface area contributed by atoms with Crippen molar-refractivity contribution in [1.29, 1.82) is 0 Å². The monoisotopic (exact) mass is 194 g/mol. The second kappa shape index (κ2) is 3.73. The van der Waals surface area contributed by atoms with Gasteiger partial charge in [-0.15, -0.1) is 0 Å². The Bertz CT molecular complexity index is 300. The van der Waals surface area contributed by atoms with E-state index in [-0.39, 0.29) is 0 Å². The molecule has 1 aliphatic carbocycles. The Balaban J connectivity index is 2.05. The zero-order chi connectivity index (χ0) is 10.0. The number of imidazole rings is 1. The molecular formula is C11H18N2O. The molecule has 0 aromatic carbocycles. The van der Waals surface area contributed by atoms with E-state index in [1.54, 1.807) is 6.20 Å². The molecule has 1 N–H and O–H groups in total. The van der Waals surface area contributed by atoms with Gasteiger partial charge in [0, 0.05) is 12.4 Å². The van der Waals surface area contributed by atoms with E-state index < -0.39 is 5.60 Å². The van der Waals surface area contributed by atoms with Crippen LogP contribution in [0, 0.1) is 6.92 Å². The van der Waals surface area contributed by atoms with Gasteiger partial charge >= 0.3 is 0 Å². The fraction of sp³-hybridized carbons (Fsp3) is 0.727. The van der Waals surface area contributed by atoms with Gasteiger partial charge < -0.3 is 9.67 Å². The van der Waals surface area contributed by atoms with Crippen molar-refractivity contribution in [2.75, 3.05) is 0 Å². The molecule has 0 aliphatic heterocycles. The molecule has 1 heterocycles. The minimum atomic E-state index is -0.482. The van der Waals surface area contributed by atoms with Crippen molar-refractivity contribution in [3.63, 3.8) is 0 Å². The molecule has 0 unspecified atom stereocenters. The normalized spacial score (nSPS) is 21.0. The van der Waals surface area contributed by atoms with Gasteiger partial charge in [0.2, 0.25) is 0 Å². The molecule has 3 heteroatoms. The molecule has 0 spiro atoms. The minimum absolute atomic E-state index is 0.482. The zero-order valence-corrected chi connectivity index (χ0v) is 8.74. The number of nitrogens with zero attached hydrogens (tertiary/aromatic N) is 2. The number of aromatic nitrogens is 2. The summed E-state index contributed by atoms with van der Waals surface area (Å²) >= 11 is 0. The summed E-state index contributed by atoms with van der Waals surface area (Å²) < 4.78 is 2.05. The third kappa shape index (κ3) is 1.98. The molecule has 1 aromatic rings. The molecule has 1 aliphatic rings. The predicted octanol–water partition coefficient (Wildman–Crippen LogP) is 1.89. The lowest BCUT2D eigenvalue weighted by atomic mass is 9.85. The van der Waals surface area contributed by atoms with Gasteiger partial charge in [-0.25, -0.2) is 4.98 Å². The molecule has 3 nitrogen and oxygen atoms in total. The van der Waals surface area contributed by atoms with Gasteiger partial charge in [-0.05, 0) is 19.8 Å². The van der Waals surface area contributed by atoms with Gasteiger partial charge in [-0.2, -0.15) is 0 Å². The summed E-state index contributed by atoms with van der Waals surface area (Å²) in [7, 11) is 0. The Morgan fingerprint density at radius 2 is 2.14 bits per heavy atom. The summed E-state index contributed by atoms with van der Waals surface area (Å²) in [5.74, 6) is 0.990. The van der Waals surface area contributed by atoms with Gasteiger partial charge in [0.25, 0.3) is 0 Å². The Kier molecular flexibility index (Phi) is 2.59. The first-order valence-electron chi connectivity index (χ1n) is 5.40. The maximum Gasteiger partial charge on any atom is 0.105 e. The second-order valence-electron chi connectivity index (χ2n) is 4.39. The number of rotatable bonds is 2. The average molecular weight is 194 g/mol. The fourth-order valence-corrected chi connectivity index (χ4v) is 2.26. The predicted molar refractivity (Wildman–Crippen MR) is 55.0 cm³/mol. The van der Waals surface area contributed by atoms with Crippen LogP contribution >= 0.6 is 0 Å². The highest BCUT2D eigenvalue weighted by Gasteiger charge is 2.29. The lowest BCUT2D eigenvalue weighted by Gasteiger charge is -2.32. The first kappa shape index (κ1) is 9.71. The van der Waals surface area contributed by atoms with Crippen LogP contribution in [0.2, 0.25) is 0 Å².